The lowest BCUT2D eigenvalue weighted by atomic mass is 10.1. The number of hydrogen-bond donors (Lipinski definition) is 1. The van der Waals surface area contributed by atoms with Gasteiger partial charge < -0.3 is 10.1 Å². The van der Waals surface area contributed by atoms with E-state index in [1.54, 1.807) is 6.07 Å². The molecule has 0 bridgehead atoms. The predicted octanol–water partition coefficient (Wildman–Crippen LogP) is 4.61. The van der Waals surface area contributed by atoms with Crippen LogP contribution in [0.1, 0.15) is 25.0 Å². The fourth-order valence-electron chi connectivity index (χ4n) is 1.93. The van der Waals surface area contributed by atoms with Crippen LogP contribution in [0.5, 0.6) is 5.75 Å². The average Bonchev–Trinajstić information content (AvgIpc) is 2.46. The molecule has 0 radical (unpaired) electrons. The number of nitrogens with zero attached hydrogens (tertiary/aromatic N) is 1. The largest absolute Gasteiger partial charge is 0.487 e. The lowest BCUT2D eigenvalue weighted by Crippen LogP contribution is -2.09. The van der Waals surface area contributed by atoms with Gasteiger partial charge in [-0.25, -0.2) is 0 Å². The van der Waals surface area contributed by atoms with Gasteiger partial charge in [-0.05, 0) is 49.7 Å². The normalized spacial score (nSPS) is 10.2. The lowest BCUT2D eigenvalue weighted by Gasteiger charge is -2.13. The molecule has 0 aliphatic heterocycles. The second-order valence-electron chi connectivity index (χ2n) is 5.05. The first kappa shape index (κ1) is 15.2. The minimum Gasteiger partial charge on any atom is -0.487 e. The molecule has 0 aliphatic rings. The van der Waals surface area contributed by atoms with Gasteiger partial charge in [0.15, 0.2) is 0 Å². The number of nitrogens with one attached hydrogen (secondary N) is 1. The van der Waals surface area contributed by atoms with Crippen LogP contribution >= 0.6 is 11.6 Å². The Hall–Kier alpha value is -2.18. The average molecular weight is 301 g/mol. The first-order valence-electron chi connectivity index (χ1n) is 6.76. The second kappa shape index (κ2) is 7.01. The maximum Gasteiger partial charge on any atom is 0.138 e. The van der Waals surface area contributed by atoms with E-state index in [2.05, 4.69) is 25.2 Å². The molecule has 21 heavy (non-hydrogen) atoms. The number of ether oxygens (including phenoxy) is 1. The molecule has 108 valence electrons. The Balaban J connectivity index is 2.04. The van der Waals surface area contributed by atoms with Crippen LogP contribution in [0.25, 0.3) is 0 Å². The first-order valence-corrected chi connectivity index (χ1v) is 7.14. The van der Waals surface area contributed by atoms with Crippen molar-refractivity contribution in [1.82, 2.24) is 0 Å². The van der Waals surface area contributed by atoms with E-state index in [0.29, 0.717) is 29.0 Å². The van der Waals surface area contributed by atoms with E-state index in [0.717, 1.165) is 11.3 Å². The second-order valence-corrected chi connectivity index (χ2v) is 5.45. The molecule has 2 aromatic carbocycles. The van der Waals surface area contributed by atoms with Gasteiger partial charge >= 0.3 is 0 Å². The molecule has 0 heterocycles. The first-order chi connectivity index (χ1) is 10.1. The third-order valence-corrected chi connectivity index (χ3v) is 3.13. The third kappa shape index (κ3) is 4.40. The lowest BCUT2D eigenvalue weighted by molar-refractivity contribution is 0.306. The minimum atomic E-state index is 0.349. The summed E-state index contributed by atoms with van der Waals surface area (Å²) in [4.78, 5) is 0. The summed E-state index contributed by atoms with van der Waals surface area (Å²) >= 11 is 6.22. The standard InChI is InChI=1S/C17H17ClN2O/c1-12(2)20-15-6-7-17(16(18)9-15)21-11-14-5-3-4-13(8-14)10-19/h3-9,12,20H,11H2,1-2H3. The van der Waals surface area contributed by atoms with Gasteiger partial charge in [0.05, 0.1) is 16.7 Å². The molecule has 3 nitrogen and oxygen atoms in total. The Bertz CT molecular complexity index is 662. The van der Waals surface area contributed by atoms with Gasteiger partial charge in [0.2, 0.25) is 0 Å². The van der Waals surface area contributed by atoms with Gasteiger partial charge in [-0.15, -0.1) is 0 Å². The molecule has 0 fully saturated rings. The monoisotopic (exact) mass is 300 g/mol. The van der Waals surface area contributed by atoms with E-state index < -0.39 is 0 Å². The molecule has 0 atom stereocenters. The molecule has 1 N–H and O–H groups in total. The Morgan fingerprint density at radius 3 is 2.71 bits per heavy atom. The van der Waals surface area contributed by atoms with Crippen LogP contribution in [0.3, 0.4) is 0 Å². The van der Waals surface area contributed by atoms with E-state index in [1.807, 2.05) is 36.4 Å². The van der Waals surface area contributed by atoms with Gasteiger partial charge in [0, 0.05) is 11.7 Å². The van der Waals surface area contributed by atoms with E-state index in [4.69, 9.17) is 21.6 Å². The van der Waals surface area contributed by atoms with Crippen LogP contribution in [0.4, 0.5) is 5.69 Å². The van der Waals surface area contributed by atoms with Gasteiger partial charge in [0.1, 0.15) is 12.4 Å². The van der Waals surface area contributed by atoms with Gasteiger partial charge in [0.25, 0.3) is 0 Å². The molecule has 2 aromatic rings. The highest BCUT2D eigenvalue weighted by molar-refractivity contribution is 6.32. The zero-order valence-electron chi connectivity index (χ0n) is 12.1. The molecule has 2 rings (SSSR count). The maximum atomic E-state index is 8.87. The predicted molar refractivity (Wildman–Crippen MR) is 85.7 cm³/mol. The van der Waals surface area contributed by atoms with Crippen molar-refractivity contribution in [2.75, 3.05) is 5.32 Å². The van der Waals surface area contributed by atoms with Crippen LogP contribution in [-0.4, -0.2) is 6.04 Å². The zero-order chi connectivity index (χ0) is 15.2. The van der Waals surface area contributed by atoms with Crippen LogP contribution < -0.4 is 10.1 Å². The zero-order valence-corrected chi connectivity index (χ0v) is 12.8. The van der Waals surface area contributed by atoms with Crippen molar-refractivity contribution >= 4 is 17.3 Å². The minimum absolute atomic E-state index is 0.349. The van der Waals surface area contributed by atoms with Gasteiger partial charge in [-0.3, -0.25) is 0 Å². The highest BCUT2D eigenvalue weighted by atomic mass is 35.5. The molecule has 0 spiro atoms. The number of hydrogen-bond acceptors (Lipinski definition) is 3. The van der Waals surface area contributed by atoms with Crippen LogP contribution in [0.15, 0.2) is 42.5 Å². The van der Waals surface area contributed by atoms with Crippen molar-refractivity contribution in [3.05, 3.63) is 58.6 Å². The number of halogens is 1. The van der Waals surface area contributed by atoms with Crippen molar-refractivity contribution in [1.29, 1.82) is 5.26 Å². The van der Waals surface area contributed by atoms with Crippen LogP contribution in [0, 0.1) is 11.3 Å². The summed E-state index contributed by atoms with van der Waals surface area (Å²) in [7, 11) is 0. The molecule has 4 heteroatoms. The van der Waals surface area contributed by atoms with Crippen molar-refractivity contribution in [3.63, 3.8) is 0 Å². The van der Waals surface area contributed by atoms with Crippen molar-refractivity contribution in [2.45, 2.75) is 26.5 Å². The number of benzene rings is 2. The fourth-order valence-corrected chi connectivity index (χ4v) is 2.17. The topological polar surface area (TPSA) is 45.0 Å². The highest BCUT2D eigenvalue weighted by Crippen LogP contribution is 2.28. The van der Waals surface area contributed by atoms with E-state index in [1.165, 1.54) is 0 Å². The van der Waals surface area contributed by atoms with Gasteiger partial charge in [-0.2, -0.15) is 5.26 Å². The summed E-state index contributed by atoms with van der Waals surface area (Å²) in [6, 6.07) is 15.4. The maximum absolute atomic E-state index is 8.87. The molecule has 0 aliphatic carbocycles. The summed E-state index contributed by atoms with van der Waals surface area (Å²) in [5, 5.41) is 12.7. The van der Waals surface area contributed by atoms with Crippen molar-refractivity contribution < 1.29 is 4.74 Å². The van der Waals surface area contributed by atoms with Crippen molar-refractivity contribution in [3.8, 4) is 11.8 Å². The Labute approximate surface area is 130 Å². The van der Waals surface area contributed by atoms with E-state index in [-0.39, 0.29) is 0 Å². The Morgan fingerprint density at radius 1 is 1.24 bits per heavy atom. The Kier molecular flexibility index (Phi) is 5.08. The van der Waals surface area contributed by atoms with Crippen LogP contribution in [-0.2, 0) is 6.61 Å². The molecule has 0 aromatic heterocycles. The summed E-state index contributed by atoms with van der Waals surface area (Å²) in [6.07, 6.45) is 0. The summed E-state index contributed by atoms with van der Waals surface area (Å²) < 4.78 is 5.71. The summed E-state index contributed by atoms with van der Waals surface area (Å²) in [5.74, 6) is 0.633. The van der Waals surface area contributed by atoms with E-state index in [9.17, 15) is 0 Å². The molecule has 0 saturated heterocycles. The SMILES string of the molecule is CC(C)Nc1ccc(OCc2cccc(C#N)c2)c(Cl)c1. The van der Waals surface area contributed by atoms with Gasteiger partial charge in [-0.1, -0.05) is 23.7 Å². The number of anilines is 1. The quantitative estimate of drug-likeness (QED) is 0.877. The third-order valence-electron chi connectivity index (χ3n) is 2.84. The molecule has 0 amide bonds. The van der Waals surface area contributed by atoms with Crippen molar-refractivity contribution in [2.24, 2.45) is 0 Å². The highest BCUT2D eigenvalue weighted by Gasteiger charge is 2.05. The summed E-state index contributed by atoms with van der Waals surface area (Å²) in [5.41, 5.74) is 2.53. The summed E-state index contributed by atoms with van der Waals surface area (Å²) in [6.45, 7) is 4.52. The fraction of sp³-hybridized carbons (Fsp3) is 0.235. The number of rotatable bonds is 5. The Morgan fingerprint density at radius 2 is 2.05 bits per heavy atom. The smallest absolute Gasteiger partial charge is 0.138 e. The molecule has 0 saturated carbocycles. The number of nitriles is 1. The van der Waals surface area contributed by atoms with E-state index >= 15 is 0 Å². The molecule has 0 unspecified atom stereocenters. The van der Waals surface area contributed by atoms with Crippen LogP contribution in [0.2, 0.25) is 5.02 Å². The molecular formula is C17H17ClN2O. The molecular weight excluding hydrogens is 284 g/mol.